The minimum atomic E-state index is -0.391. The van der Waals surface area contributed by atoms with Gasteiger partial charge in [-0.05, 0) is 30.7 Å². The van der Waals surface area contributed by atoms with Crippen LogP contribution in [0.1, 0.15) is 36.9 Å². The van der Waals surface area contributed by atoms with Crippen LogP contribution < -0.4 is 5.73 Å². The number of aryl methyl sites for hydroxylation is 2. The van der Waals surface area contributed by atoms with Gasteiger partial charge in [0.2, 0.25) is 17.6 Å². The van der Waals surface area contributed by atoms with E-state index in [0.29, 0.717) is 36.3 Å². The summed E-state index contributed by atoms with van der Waals surface area (Å²) in [6.07, 6.45) is 4.08. The van der Waals surface area contributed by atoms with E-state index in [1.165, 1.54) is 0 Å². The Morgan fingerprint density at radius 3 is 2.59 bits per heavy atom. The van der Waals surface area contributed by atoms with Crippen molar-refractivity contribution >= 4 is 11.3 Å². The van der Waals surface area contributed by atoms with E-state index in [0.717, 1.165) is 24.8 Å². The molecule has 1 aliphatic carbocycles. The Morgan fingerprint density at radius 2 is 1.91 bits per heavy atom. The molecule has 8 heteroatoms. The Kier molecular flexibility index (Phi) is 3.27. The molecule has 0 aromatic carbocycles. The highest BCUT2D eigenvalue weighted by molar-refractivity contribution is 7.08. The first-order valence-electron chi connectivity index (χ1n) is 7.20. The molecule has 1 aliphatic rings. The van der Waals surface area contributed by atoms with Gasteiger partial charge < -0.3 is 14.8 Å². The van der Waals surface area contributed by atoms with E-state index in [-0.39, 0.29) is 0 Å². The third-order valence-electron chi connectivity index (χ3n) is 3.96. The second-order valence-corrected chi connectivity index (χ2v) is 6.33. The number of thiophene rings is 1. The maximum absolute atomic E-state index is 6.18. The van der Waals surface area contributed by atoms with Gasteiger partial charge in [-0.1, -0.05) is 10.3 Å². The van der Waals surface area contributed by atoms with Gasteiger partial charge >= 0.3 is 0 Å². The van der Waals surface area contributed by atoms with E-state index < -0.39 is 5.54 Å². The quantitative estimate of drug-likeness (QED) is 0.770. The van der Waals surface area contributed by atoms with E-state index >= 15 is 0 Å². The van der Waals surface area contributed by atoms with Gasteiger partial charge in [-0.25, -0.2) is 0 Å². The third-order valence-corrected chi connectivity index (χ3v) is 4.64. The summed E-state index contributed by atoms with van der Waals surface area (Å²) < 4.78 is 10.5. The van der Waals surface area contributed by atoms with Crippen LogP contribution in [-0.4, -0.2) is 20.3 Å². The number of aromatic nitrogens is 4. The lowest BCUT2D eigenvalue weighted by atomic mass is 9.77. The highest BCUT2D eigenvalue weighted by Crippen LogP contribution is 2.36. The number of nitrogens with two attached hydrogens (primary N) is 1. The molecule has 0 bridgehead atoms. The van der Waals surface area contributed by atoms with Crippen LogP contribution in [0.5, 0.6) is 0 Å². The van der Waals surface area contributed by atoms with Gasteiger partial charge in [-0.2, -0.15) is 21.3 Å². The molecular formula is C14H15N5O2S. The molecule has 0 atom stereocenters. The first-order valence-corrected chi connectivity index (χ1v) is 8.14. The number of hydrogen-bond donors (Lipinski definition) is 1. The van der Waals surface area contributed by atoms with Crippen molar-refractivity contribution in [2.75, 3.05) is 0 Å². The summed E-state index contributed by atoms with van der Waals surface area (Å²) in [5.74, 6) is 2.34. The Balaban J connectivity index is 1.41. The fourth-order valence-corrected chi connectivity index (χ4v) is 3.05. The molecule has 7 nitrogen and oxygen atoms in total. The standard InChI is InChI=1S/C14H15N5O2S/c15-14(5-1-6-14)13-17-11(21-19-13)3-2-10-16-12(18-20-10)9-4-7-22-8-9/h4,7-8H,1-3,5-6,15H2. The minimum Gasteiger partial charge on any atom is -0.339 e. The number of nitrogens with zero attached hydrogens (tertiary/aromatic N) is 4. The van der Waals surface area contributed by atoms with Gasteiger partial charge in [0, 0.05) is 23.8 Å². The van der Waals surface area contributed by atoms with Crippen molar-refractivity contribution in [2.24, 2.45) is 5.73 Å². The molecule has 22 heavy (non-hydrogen) atoms. The van der Waals surface area contributed by atoms with Crippen molar-refractivity contribution < 1.29 is 9.05 Å². The summed E-state index contributed by atoms with van der Waals surface area (Å²) in [5, 5.41) is 11.9. The zero-order valence-electron chi connectivity index (χ0n) is 11.9. The fraction of sp³-hybridized carbons (Fsp3) is 0.429. The van der Waals surface area contributed by atoms with Crippen LogP contribution in [0.4, 0.5) is 0 Å². The molecule has 0 unspecified atom stereocenters. The minimum absolute atomic E-state index is 0.391. The van der Waals surface area contributed by atoms with Crippen molar-refractivity contribution in [2.45, 2.75) is 37.6 Å². The van der Waals surface area contributed by atoms with Crippen molar-refractivity contribution in [3.05, 3.63) is 34.4 Å². The van der Waals surface area contributed by atoms with E-state index in [1.54, 1.807) is 11.3 Å². The van der Waals surface area contributed by atoms with Gasteiger partial charge in [-0.15, -0.1) is 0 Å². The molecular weight excluding hydrogens is 302 g/mol. The third kappa shape index (κ3) is 2.44. The fourth-order valence-electron chi connectivity index (χ4n) is 2.42. The van der Waals surface area contributed by atoms with Crippen LogP contribution >= 0.6 is 11.3 Å². The highest BCUT2D eigenvalue weighted by Gasteiger charge is 2.38. The average Bonchev–Trinajstić information content (AvgIpc) is 3.21. The van der Waals surface area contributed by atoms with Crippen molar-refractivity contribution in [1.82, 2.24) is 20.3 Å². The molecule has 0 saturated heterocycles. The zero-order chi connectivity index (χ0) is 15.0. The van der Waals surface area contributed by atoms with Crippen molar-refractivity contribution in [3.8, 4) is 11.4 Å². The molecule has 0 aliphatic heterocycles. The molecule has 114 valence electrons. The van der Waals surface area contributed by atoms with Crippen LogP contribution in [0.25, 0.3) is 11.4 Å². The molecule has 1 fully saturated rings. The van der Waals surface area contributed by atoms with E-state index in [1.807, 2.05) is 16.8 Å². The van der Waals surface area contributed by atoms with Gasteiger partial charge in [0.15, 0.2) is 5.82 Å². The summed E-state index contributed by atoms with van der Waals surface area (Å²) >= 11 is 1.60. The first-order chi connectivity index (χ1) is 10.7. The largest absolute Gasteiger partial charge is 0.339 e. The molecule has 3 heterocycles. The van der Waals surface area contributed by atoms with Gasteiger partial charge in [0.05, 0.1) is 5.54 Å². The SMILES string of the molecule is NC1(c2noc(CCc3nc(-c4ccsc4)no3)n2)CCC1. The lowest BCUT2D eigenvalue weighted by molar-refractivity contribution is 0.229. The van der Waals surface area contributed by atoms with Gasteiger partial charge in [0.25, 0.3) is 0 Å². The molecule has 3 aromatic heterocycles. The summed E-state index contributed by atoms with van der Waals surface area (Å²) in [6.45, 7) is 0. The molecule has 4 rings (SSSR count). The molecule has 0 spiro atoms. The lowest BCUT2D eigenvalue weighted by Gasteiger charge is -2.34. The van der Waals surface area contributed by atoms with Gasteiger partial charge in [-0.3, -0.25) is 0 Å². The van der Waals surface area contributed by atoms with E-state index in [9.17, 15) is 0 Å². The van der Waals surface area contributed by atoms with Gasteiger partial charge in [0.1, 0.15) is 0 Å². The highest BCUT2D eigenvalue weighted by atomic mass is 32.1. The topological polar surface area (TPSA) is 104 Å². The summed E-state index contributed by atoms with van der Waals surface area (Å²) in [7, 11) is 0. The number of rotatable bonds is 5. The Hall–Kier alpha value is -2.06. The first kappa shape index (κ1) is 13.6. The Morgan fingerprint density at radius 1 is 1.14 bits per heavy atom. The molecule has 0 amide bonds. The van der Waals surface area contributed by atoms with E-state index in [2.05, 4.69) is 20.3 Å². The van der Waals surface area contributed by atoms with Crippen LogP contribution in [0.15, 0.2) is 25.9 Å². The molecule has 2 N–H and O–H groups in total. The Labute approximate surface area is 130 Å². The molecule has 0 radical (unpaired) electrons. The Bertz CT molecular complexity index is 760. The monoisotopic (exact) mass is 317 g/mol. The second kappa shape index (κ2) is 5.29. The summed E-state index contributed by atoms with van der Waals surface area (Å²) in [4.78, 5) is 8.75. The van der Waals surface area contributed by atoms with Crippen LogP contribution in [0.3, 0.4) is 0 Å². The van der Waals surface area contributed by atoms with Crippen LogP contribution in [0.2, 0.25) is 0 Å². The maximum Gasteiger partial charge on any atom is 0.227 e. The van der Waals surface area contributed by atoms with Crippen LogP contribution in [0, 0.1) is 0 Å². The summed E-state index contributed by atoms with van der Waals surface area (Å²) in [6, 6.07) is 1.96. The average molecular weight is 317 g/mol. The number of hydrogen-bond acceptors (Lipinski definition) is 8. The smallest absolute Gasteiger partial charge is 0.227 e. The normalized spacial score (nSPS) is 16.6. The summed E-state index contributed by atoms with van der Waals surface area (Å²) in [5.41, 5.74) is 6.75. The molecule has 1 saturated carbocycles. The lowest BCUT2D eigenvalue weighted by Crippen LogP contribution is -2.44. The van der Waals surface area contributed by atoms with E-state index in [4.69, 9.17) is 14.8 Å². The second-order valence-electron chi connectivity index (χ2n) is 5.55. The van der Waals surface area contributed by atoms with Crippen molar-refractivity contribution in [1.29, 1.82) is 0 Å². The zero-order valence-corrected chi connectivity index (χ0v) is 12.7. The predicted octanol–water partition coefficient (Wildman–Crippen LogP) is 2.30. The van der Waals surface area contributed by atoms with Crippen molar-refractivity contribution in [3.63, 3.8) is 0 Å². The van der Waals surface area contributed by atoms with Crippen LogP contribution in [-0.2, 0) is 18.4 Å². The predicted molar refractivity (Wildman–Crippen MR) is 79.0 cm³/mol. The molecule has 3 aromatic rings. The maximum atomic E-state index is 6.18.